The minimum absolute atomic E-state index is 0.685. The maximum Gasteiger partial charge on any atom is 0.235 e. The summed E-state index contributed by atoms with van der Waals surface area (Å²) in [6.45, 7) is 2.32. The first kappa shape index (κ1) is 32.4. The van der Waals surface area contributed by atoms with E-state index in [1.165, 1.54) is 76.3 Å². The highest BCUT2D eigenvalue weighted by Gasteiger charge is 2.27. The van der Waals surface area contributed by atoms with E-state index in [0.29, 0.717) is 5.95 Å². The summed E-state index contributed by atoms with van der Waals surface area (Å²) >= 11 is 1.78. The van der Waals surface area contributed by atoms with E-state index in [9.17, 15) is 0 Å². The van der Waals surface area contributed by atoms with Gasteiger partial charge in [-0.1, -0.05) is 152 Å². The monoisotopic (exact) mass is 745 g/mol. The highest BCUT2D eigenvalue weighted by molar-refractivity contribution is 7.26. The van der Waals surface area contributed by atoms with Crippen molar-refractivity contribution in [1.82, 2.24) is 14.5 Å². The number of rotatable bonds is 3. The zero-order valence-electron chi connectivity index (χ0n) is 31.3. The molecular formula is C53H35N3S. The van der Waals surface area contributed by atoms with Crippen LogP contribution in [0.4, 0.5) is 0 Å². The molecule has 3 aromatic heterocycles. The van der Waals surface area contributed by atoms with Gasteiger partial charge in [-0.3, -0.25) is 4.57 Å². The molecule has 0 saturated heterocycles. The molecule has 0 saturated carbocycles. The lowest BCUT2D eigenvalue weighted by Crippen LogP contribution is -2.05. The Balaban J connectivity index is 1.24. The van der Waals surface area contributed by atoms with Gasteiger partial charge in [-0.25, -0.2) is 9.97 Å². The zero-order chi connectivity index (χ0) is 37.6. The number of hydrogen-bond acceptors (Lipinski definition) is 3. The third-order valence-corrected chi connectivity index (χ3v) is 13.3. The molecule has 3 heterocycles. The number of aryl methyl sites for hydroxylation is 2. The van der Waals surface area contributed by atoms with Crippen LogP contribution < -0.4 is 0 Å². The van der Waals surface area contributed by atoms with Gasteiger partial charge in [0.15, 0.2) is 0 Å². The third-order valence-electron chi connectivity index (χ3n) is 12.1. The van der Waals surface area contributed by atoms with Crippen molar-refractivity contribution >= 4 is 64.2 Å². The molecule has 0 N–H and O–H groups in total. The van der Waals surface area contributed by atoms with Crippen LogP contribution in [-0.2, 0) is 12.8 Å². The Kier molecular flexibility index (Phi) is 7.14. The van der Waals surface area contributed by atoms with Crippen molar-refractivity contribution in [2.45, 2.75) is 19.8 Å². The quantitative estimate of drug-likeness (QED) is 0.180. The molecule has 11 aromatic rings. The van der Waals surface area contributed by atoms with Crippen LogP contribution in [0.25, 0.3) is 103 Å². The molecule has 12 rings (SSSR count). The van der Waals surface area contributed by atoms with Crippen molar-refractivity contribution in [2.75, 3.05) is 0 Å². The van der Waals surface area contributed by atoms with Gasteiger partial charge in [0.05, 0.1) is 26.9 Å². The van der Waals surface area contributed by atoms with E-state index in [4.69, 9.17) is 9.97 Å². The average molecular weight is 746 g/mol. The normalized spacial score (nSPS) is 12.5. The summed E-state index contributed by atoms with van der Waals surface area (Å²) in [4.78, 5) is 11.2. The number of hydrogen-bond donors (Lipinski definition) is 0. The minimum atomic E-state index is 0.685. The minimum Gasteiger partial charge on any atom is -0.277 e. The summed E-state index contributed by atoms with van der Waals surface area (Å²) in [5.41, 5.74) is 16.8. The fourth-order valence-corrected chi connectivity index (χ4v) is 10.6. The summed E-state index contributed by atoms with van der Waals surface area (Å²) in [5, 5.41) is 6.05. The van der Waals surface area contributed by atoms with Crippen LogP contribution in [0.15, 0.2) is 170 Å². The molecule has 0 spiro atoms. The predicted octanol–water partition coefficient (Wildman–Crippen LogP) is 14.2. The molecule has 4 heteroatoms. The molecule has 57 heavy (non-hydrogen) atoms. The van der Waals surface area contributed by atoms with Crippen molar-refractivity contribution in [3.05, 3.63) is 187 Å². The van der Waals surface area contributed by atoms with Gasteiger partial charge >= 0.3 is 0 Å². The number of aromatic nitrogens is 3. The second kappa shape index (κ2) is 12.6. The van der Waals surface area contributed by atoms with Gasteiger partial charge in [-0.2, -0.15) is 0 Å². The summed E-state index contributed by atoms with van der Waals surface area (Å²) in [6.07, 6.45) is 1.94. The maximum absolute atomic E-state index is 5.65. The van der Waals surface area contributed by atoms with E-state index in [0.717, 1.165) is 50.7 Å². The molecule has 8 aromatic carbocycles. The Morgan fingerprint density at radius 1 is 0.526 bits per heavy atom. The molecular weight excluding hydrogens is 711 g/mol. The lowest BCUT2D eigenvalue weighted by atomic mass is 9.88. The first-order valence-electron chi connectivity index (χ1n) is 19.7. The second-order valence-corrected chi connectivity index (χ2v) is 16.3. The molecule has 1 aliphatic rings. The number of fused-ring (bicyclic) bond motifs is 15. The highest BCUT2D eigenvalue weighted by atomic mass is 32.1. The summed E-state index contributed by atoms with van der Waals surface area (Å²) < 4.78 is 4.70. The van der Waals surface area contributed by atoms with E-state index in [2.05, 4.69) is 181 Å². The van der Waals surface area contributed by atoms with E-state index < -0.39 is 0 Å². The van der Waals surface area contributed by atoms with Gasteiger partial charge in [0, 0.05) is 32.0 Å². The second-order valence-electron chi connectivity index (χ2n) is 15.2. The van der Waals surface area contributed by atoms with Crippen LogP contribution in [0.5, 0.6) is 0 Å². The molecule has 0 unspecified atom stereocenters. The van der Waals surface area contributed by atoms with Crippen LogP contribution in [0, 0.1) is 6.92 Å². The van der Waals surface area contributed by atoms with Crippen LogP contribution in [0.3, 0.4) is 0 Å². The first-order chi connectivity index (χ1) is 28.2. The average Bonchev–Trinajstić information content (AvgIpc) is 3.82. The molecule has 3 nitrogen and oxygen atoms in total. The lowest BCUT2D eigenvalue weighted by Gasteiger charge is -2.18. The molecule has 0 aliphatic heterocycles. The molecule has 0 fully saturated rings. The van der Waals surface area contributed by atoms with Crippen LogP contribution in [0.1, 0.15) is 16.7 Å². The smallest absolute Gasteiger partial charge is 0.235 e. The number of benzene rings is 8. The molecule has 2 bridgehead atoms. The van der Waals surface area contributed by atoms with E-state index in [-0.39, 0.29) is 0 Å². The van der Waals surface area contributed by atoms with E-state index >= 15 is 0 Å². The largest absolute Gasteiger partial charge is 0.277 e. The first-order valence-corrected chi connectivity index (χ1v) is 20.5. The van der Waals surface area contributed by atoms with Gasteiger partial charge in [-0.15, -0.1) is 11.3 Å². The topological polar surface area (TPSA) is 30.7 Å². The Labute approximate surface area is 334 Å². The molecule has 0 atom stereocenters. The molecule has 0 radical (unpaired) electrons. The van der Waals surface area contributed by atoms with Crippen molar-refractivity contribution in [2.24, 2.45) is 0 Å². The number of thiophene rings is 1. The SMILES string of the molecule is Cc1c2cc3c4c5ccccc5ccc4n(-c4nc(-c5ccc(-c6ccccc6)cc5)c5sc6ccccc6c5n4)c3c1-c1ccccc1CCc1ccccc1-2. The zero-order valence-corrected chi connectivity index (χ0v) is 32.1. The Morgan fingerprint density at radius 2 is 1.18 bits per heavy atom. The van der Waals surface area contributed by atoms with Gasteiger partial charge < -0.3 is 0 Å². The van der Waals surface area contributed by atoms with Crippen molar-refractivity contribution in [1.29, 1.82) is 0 Å². The Morgan fingerprint density at radius 3 is 2.00 bits per heavy atom. The predicted molar refractivity (Wildman–Crippen MR) is 241 cm³/mol. The fraction of sp³-hybridized carbons (Fsp3) is 0.0566. The lowest BCUT2D eigenvalue weighted by molar-refractivity contribution is 0.965. The van der Waals surface area contributed by atoms with E-state index in [1.54, 1.807) is 11.3 Å². The van der Waals surface area contributed by atoms with Crippen LogP contribution in [0.2, 0.25) is 0 Å². The third kappa shape index (κ3) is 4.90. The van der Waals surface area contributed by atoms with Gasteiger partial charge in [0.2, 0.25) is 5.95 Å². The van der Waals surface area contributed by atoms with Crippen LogP contribution >= 0.6 is 11.3 Å². The van der Waals surface area contributed by atoms with Gasteiger partial charge in [0.25, 0.3) is 0 Å². The number of nitrogens with zero attached hydrogens (tertiary/aromatic N) is 3. The fourth-order valence-electron chi connectivity index (χ4n) is 9.44. The standard InChI is InChI=1S/C53H35N3S/c1-32-43-31-44-48-41-20-10-7-17-37(41)29-30-45(48)56(51(44)47(32)40-19-9-6-16-36(40)26-25-35-15-5-8-18-39(35)43)53-54-49(52-50(55-53)42-21-11-12-22-46(42)57-52)38-27-23-34(24-28-38)33-13-3-2-4-14-33/h2-24,27-31H,25-26H2,1H3. The van der Waals surface area contributed by atoms with Gasteiger partial charge in [-0.05, 0) is 93.2 Å². The van der Waals surface area contributed by atoms with E-state index in [1.807, 2.05) is 0 Å². The Bertz CT molecular complexity index is 3410. The summed E-state index contributed by atoms with van der Waals surface area (Å²) in [7, 11) is 0. The van der Waals surface area contributed by atoms with Crippen molar-refractivity contribution < 1.29 is 0 Å². The van der Waals surface area contributed by atoms with Gasteiger partial charge in [0.1, 0.15) is 0 Å². The van der Waals surface area contributed by atoms with Crippen LogP contribution in [-0.4, -0.2) is 14.5 Å². The summed E-state index contributed by atoms with van der Waals surface area (Å²) in [5.74, 6) is 0.685. The maximum atomic E-state index is 5.65. The molecule has 1 aliphatic carbocycles. The highest BCUT2D eigenvalue weighted by Crippen LogP contribution is 2.48. The van der Waals surface area contributed by atoms with Crippen molar-refractivity contribution in [3.8, 4) is 50.6 Å². The molecule has 268 valence electrons. The summed E-state index contributed by atoms with van der Waals surface area (Å²) in [6, 6.07) is 62.0. The molecule has 0 amide bonds. The Hall–Kier alpha value is -6.88. The van der Waals surface area contributed by atoms with Crippen molar-refractivity contribution in [3.63, 3.8) is 0 Å².